The molecule has 0 radical (unpaired) electrons. The summed E-state index contributed by atoms with van der Waals surface area (Å²) >= 11 is 1.33. The van der Waals surface area contributed by atoms with Gasteiger partial charge in [-0.2, -0.15) is 0 Å². The third kappa shape index (κ3) is 6.21. The SMILES string of the molecule is COc1ccc(C(C(=O)Nc2ccc3c(c2)OCO3)N(Cc2nc(-c3ccccc3)cs2)C(=O)CN2C(=O)C(=O)c3ccccc32)cc1OC. The van der Waals surface area contributed by atoms with Crippen molar-refractivity contribution in [1.29, 1.82) is 0 Å². The van der Waals surface area contributed by atoms with E-state index in [1.165, 1.54) is 30.5 Å². The van der Waals surface area contributed by atoms with Crippen molar-refractivity contribution in [2.45, 2.75) is 12.6 Å². The molecule has 3 heterocycles. The van der Waals surface area contributed by atoms with Gasteiger partial charge in [-0.1, -0.05) is 48.5 Å². The Morgan fingerprint density at radius 2 is 1.68 bits per heavy atom. The second-order valence-corrected chi connectivity index (χ2v) is 12.3. The summed E-state index contributed by atoms with van der Waals surface area (Å²) in [5.74, 6) is -0.919. The average molecular weight is 691 g/mol. The molecule has 2 aliphatic rings. The predicted molar refractivity (Wildman–Crippen MR) is 185 cm³/mol. The van der Waals surface area contributed by atoms with Gasteiger partial charge < -0.3 is 29.2 Å². The standard InChI is InChI=1S/C37H30N4O8S/c1-46-28-14-12-23(16-30(28)47-2)34(36(44)38-24-13-15-29-31(17-24)49-21-48-29)41(18-32-39-26(20-50-32)22-8-4-3-5-9-22)33(42)19-40-27-11-7-6-10-25(27)35(43)37(40)45/h3-17,20,34H,18-19,21H2,1-2H3,(H,38,44). The molecule has 0 fully saturated rings. The van der Waals surface area contributed by atoms with Gasteiger partial charge >= 0.3 is 0 Å². The highest BCUT2D eigenvalue weighted by molar-refractivity contribution is 7.09. The van der Waals surface area contributed by atoms with Crippen LogP contribution in [0.1, 0.15) is 27.0 Å². The number of thiazole rings is 1. The minimum Gasteiger partial charge on any atom is -0.493 e. The lowest BCUT2D eigenvalue weighted by Crippen LogP contribution is -2.46. The van der Waals surface area contributed by atoms with Crippen LogP contribution in [0.3, 0.4) is 0 Å². The third-order valence-corrected chi connectivity index (χ3v) is 9.18. The maximum Gasteiger partial charge on any atom is 0.299 e. The Morgan fingerprint density at radius 3 is 2.48 bits per heavy atom. The Hall–Kier alpha value is -6.21. The molecule has 0 saturated heterocycles. The fourth-order valence-electron chi connectivity index (χ4n) is 5.91. The van der Waals surface area contributed by atoms with E-state index in [1.54, 1.807) is 60.7 Å². The van der Waals surface area contributed by atoms with Gasteiger partial charge in [-0.05, 0) is 42.0 Å². The number of rotatable bonds is 11. The Kier molecular flexibility index (Phi) is 8.88. The van der Waals surface area contributed by atoms with E-state index in [2.05, 4.69) is 5.32 Å². The van der Waals surface area contributed by atoms with Crippen molar-refractivity contribution in [3.05, 3.63) is 113 Å². The Labute approximate surface area is 290 Å². The van der Waals surface area contributed by atoms with Gasteiger partial charge in [0.15, 0.2) is 23.0 Å². The lowest BCUT2D eigenvalue weighted by atomic mass is 10.0. The van der Waals surface area contributed by atoms with E-state index in [4.69, 9.17) is 23.9 Å². The van der Waals surface area contributed by atoms with E-state index in [-0.39, 0.29) is 18.9 Å². The summed E-state index contributed by atoms with van der Waals surface area (Å²) in [5, 5.41) is 5.35. The first-order chi connectivity index (χ1) is 24.3. The highest BCUT2D eigenvalue weighted by Crippen LogP contribution is 2.37. The summed E-state index contributed by atoms with van der Waals surface area (Å²) < 4.78 is 21.9. The number of ketones is 1. The summed E-state index contributed by atoms with van der Waals surface area (Å²) in [6.07, 6.45) is 0. The van der Waals surface area contributed by atoms with Crippen LogP contribution < -0.4 is 29.2 Å². The van der Waals surface area contributed by atoms with Crippen LogP contribution in [0.15, 0.2) is 96.4 Å². The number of carbonyl (C=O) groups is 4. The predicted octanol–water partition coefficient (Wildman–Crippen LogP) is 5.49. The summed E-state index contributed by atoms with van der Waals surface area (Å²) in [7, 11) is 2.97. The molecule has 5 aromatic rings. The highest BCUT2D eigenvalue weighted by atomic mass is 32.1. The molecule has 12 nitrogen and oxygen atoms in total. The van der Waals surface area contributed by atoms with E-state index in [9.17, 15) is 19.2 Å². The molecule has 2 aliphatic heterocycles. The molecule has 1 N–H and O–H groups in total. The molecule has 1 unspecified atom stereocenters. The van der Waals surface area contributed by atoms with Crippen molar-refractivity contribution >= 4 is 46.2 Å². The molecule has 7 rings (SSSR count). The van der Waals surface area contributed by atoms with Crippen LogP contribution in [0.25, 0.3) is 11.3 Å². The Balaban J connectivity index is 1.30. The van der Waals surface area contributed by atoms with Crippen LogP contribution in [0.4, 0.5) is 11.4 Å². The molecular weight excluding hydrogens is 660 g/mol. The number of aromatic nitrogens is 1. The molecule has 3 amide bonds. The van der Waals surface area contributed by atoms with E-state index in [0.717, 1.165) is 10.5 Å². The molecule has 0 aliphatic carbocycles. The first-order valence-electron chi connectivity index (χ1n) is 15.5. The number of hydrogen-bond donors (Lipinski definition) is 1. The van der Waals surface area contributed by atoms with Crippen LogP contribution in [0.5, 0.6) is 23.0 Å². The highest BCUT2D eigenvalue weighted by Gasteiger charge is 2.40. The van der Waals surface area contributed by atoms with Crippen molar-refractivity contribution < 1.29 is 38.1 Å². The molecule has 0 spiro atoms. The lowest BCUT2D eigenvalue weighted by Gasteiger charge is -2.32. The van der Waals surface area contributed by atoms with Crippen molar-refractivity contribution in [3.8, 4) is 34.3 Å². The lowest BCUT2D eigenvalue weighted by molar-refractivity contribution is -0.139. The van der Waals surface area contributed by atoms with Crippen molar-refractivity contribution in [1.82, 2.24) is 9.88 Å². The topological polar surface area (TPSA) is 137 Å². The van der Waals surface area contributed by atoms with Gasteiger partial charge in [0.1, 0.15) is 17.6 Å². The molecule has 1 atom stereocenters. The fourth-order valence-corrected chi connectivity index (χ4v) is 6.71. The number of carbonyl (C=O) groups excluding carboxylic acids is 4. The zero-order chi connectivity index (χ0) is 34.8. The molecule has 0 bridgehead atoms. The number of nitrogens with zero attached hydrogens (tertiary/aromatic N) is 3. The molecule has 252 valence electrons. The summed E-state index contributed by atoms with van der Waals surface area (Å²) in [5.41, 5.74) is 2.94. The van der Waals surface area contributed by atoms with Crippen LogP contribution >= 0.6 is 11.3 Å². The van der Waals surface area contributed by atoms with Gasteiger partial charge in [-0.15, -0.1) is 11.3 Å². The zero-order valence-corrected chi connectivity index (χ0v) is 27.8. The normalized spacial score (nSPS) is 13.5. The van der Waals surface area contributed by atoms with Crippen LogP contribution in [-0.2, 0) is 20.9 Å². The molecular formula is C37H30N4O8S. The first-order valence-corrected chi connectivity index (χ1v) is 16.4. The number of benzene rings is 4. The number of nitrogens with one attached hydrogen (secondary N) is 1. The van der Waals surface area contributed by atoms with Crippen molar-refractivity contribution in [3.63, 3.8) is 0 Å². The van der Waals surface area contributed by atoms with Crippen LogP contribution in [-0.4, -0.2) is 60.9 Å². The molecule has 13 heteroatoms. The number of para-hydroxylation sites is 1. The summed E-state index contributed by atoms with van der Waals surface area (Å²) in [4.78, 5) is 62.3. The largest absolute Gasteiger partial charge is 0.493 e. The van der Waals surface area contributed by atoms with E-state index >= 15 is 0 Å². The van der Waals surface area contributed by atoms with Gasteiger partial charge in [0.2, 0.25) is 12.7 Å². The van der Waals surface area contributed by atoms with Crippen molar-refractivity contribution in [2.75, 3.05) is 37.8 Å². The smallest absolute Gasteiger partial charge is 0.299 e. The number of methoxy groups -OCH3 is 2. The Morgan fingerprint density at radius 1 is 0.920 bits per heavy atom. The molecule has 1 aromatic heterocycles. The van der Waals surface area contributed by atoms with Gasteiger partial charge in [-0.25, -0.2) is 4.98 Å². The van der Waals surface area contributed by atoms with Crippen molar-refractivity contribution in [2.24, 2.45) is 0 Å². The quantitative estimate of drug-likeness (QED) is 0.178. The number of hydrogen-bond acceptors (Lipinski definition) is 10. The molecule has 4 aromatic carbocycles. The number of amides is 3. The third-order valence-electron chi connectivity index (χ3n) is 8.34. The van der Waals surface area contributed by atoms with E-state index in [0.29, 0.717) is 50.6 Å². The Bertz CT molecular complexity index is 2120. The maximum absolute atomic E-state index is 14.6. The van der Waals surface area contributed by atoms with Crippen LogP contribution in [0.2, 0.25) is 0 Å². The maximum atomic E-state index is 14.6. The minimum atomic E-state index is -1.26. The molecule has 50 heavy (non-hydrogen) atoms. The minimum absolute atomic E-state index is 0.0584. The van der Waals surface area contributed by atoms with Gasteiger partial charge in [0.05, 0.1) is 37.7 Å². The molecule has 0 saturated carbocycles. The first kappa shape index (κ1) is 32.3. The fraction of sp³-hybridized carbons (Fsp3) is 0.162. The number of fused-ring (bicyclic) bond motifs is 2. The van der Waals surface area contributed by atoms with Crippen LogP contribution in [0, 0.1) is 0 Å². The monoisotopic (exact) mass is 690 g/mol. The number of ether oxygens (including phenoxy) is 4. The summed E-state index contributed by atoms with van der Waals surface area (Å²) in [6.45, 7) is -0.538. The number of anilines is 2. The van der Waals surface area contributed by atoms with E-state index in [1.807, 2.05) is 35.7 Å². The second-order valence-electron chi connectivity index (χ2n) is 11.3. The van der Waals surface area contributed by atoms with E-state index < -0.39 is 36.1 Å². The number of Topliss-reactive ketones (excluding diaryl/α,β-unsaturated/α-hetero) is 1. The van der Waals surface area contributed by atoms with Gasteiger partial charge in [0, 0.05) is 22.7 Å². The second kappa shape index (κ2) is 13.7. The summed E-state index contributed by atoms with van der Waals surface area (Å²) in [6, 6.07) is 24.7. The van der Waals surface area contributed by atoms with Gasteiger partial charge in [-0.3, -0.25) is 24.1 Å². The average Bonchev–Trinajstić information content (AvgIpc) is 3.87. The zero-order valence-electron chi connectivity index (χ0n) is 27.0. The van der Waals surface area contributed by atoms with Gasteiger partial charge in [0.25, 0.3) is 17.6 Å².